The van der Waals surface area contributed by atoms with Crippen LogP contribution in [0.25, 0.3) is 0 Å². The van der Waals surface area contributed by atoms with Crippen molar-refractivity contribution in [3.05, 3.63) is 58.6 Å². The molecule has 0 aliphatic rings. The zero-order chi connectivity index (χ0) is 17.9. The van der Waals surface area contributed by atoms with E-state index in [1.165, 1.54) is 37.3 Å². The van der Waals surface area contributed by atoms with Crippen molar-refractivity contribution in [2.45, 2.75) is 13.1 Å². The number of hydrogen-bond donors (Lipinski definition) is 2. The Morgan fingerprint density at radius 2 is 1.50 bits per heavy atom. The molecular formula is C16H12ClF3N2O2. The van der Waals surface area contributed by atoms with Gasteiger partial charge in [-0.25, -0.2) is 4.79 Å². The van der Waals surface area contributed by atoms with Crippen LogP contribution in [0.3, 0.4) is 0 Å². The summed E-state index contributed by atoms with van der Waals surface area (Å²) in [6, 6.07) is 8.43. The van der Waals surface area contributed by atoms with Gasteiger partial charge < -0.3 is 10.6 Å². The summed E-state index contributed by atoms with van der Waals surface area (Å²) in [4.78, 5) is 23.0. The SMILES string of the molecule is CC(=O)c1ccc(NC(=O)Nc2ccc(Cl)c(C(F)(F)F)c2)cc1. The van der Waals surface area contributed by atoms with E-state index in [0.29, 0.717) is 11.3 Å². The van der Waals surface area contributed by atoms with Crippen molar-refractivity contribution in [1.82, 2.24) is 0 Å². The van der Waals surface area contributed by atoms with Crippen LogP contribution >= 0.6 is 11.6 Å². The van der Waals surface area contributed by atoms with Crippen LogP contribution in [-0.4, -0.2) is 11.8 Å². The fraction of sp³-hybridized carbons (Fsp3) is 0.125. The van der Waals surface area contributed by atoms with Crippen molar-refractivity contribution >= 4 is 34.8 Å². The van der Waals surface area contributed by atoms with Gasteiger partial charge in [0.1, 0.15) is 0 Å². The molecule has 0 aliphatic heterocycles. The maximum absolute atomic E-state index is 12.8. The molecule has 0 saturated heterocycles. The molecule has 126 valence electrons. The fourth-order valence-corrected chi connectivity index (χ4v) is 2.13. The van der Waals surface area contributed by atoms with E-state index >= 15 is 0 Å². The number of amides is 2. The fourth-order valence-electron chi connectivity index (χ4n) is 1.90. The summed E-state index contributed by atoms with van der Waals surface area (Å²) in [5.74, 6) is -0.119. The number of halogens is 4. The monoisotopic (exact) mass is 356 g/mol. The Kier molecular flexibility index (Phi) is 5.14. The van der Waals surface area contributed by atoms with Crippen LogP contribution < -0.4 is 10.6 Å². The van der Waals surface area contributed by atoms with Crippen LogP contribution in [0.1, 0.15) is 22.8 Å². The largest absolute Gasteiger partial charge is 0.417 e. The van der Waals surface area contributed by atoms with Crippen LogP contribution in [0, 0.1) is 0 Å². The van der Waals surface area contributed by atoms with Crippen LogP contribution in [0.2, 0.25) is 5.02 Å². The molecule has 2 aromatic rings. The summed E-state index contributed by atoms with van der Waals surface area (Å²) in [6.45, 7) is 1.41. The molecule has 0 aromatic heterocycles. The Morgan fingerprint density at radius 3 is 2.04 bits per heavy atom. The molecule has 24 heavy (non-hydrogen) atoms. The molecule has 0 fully saturated rings. The minimum Gasteiger partial charge on any atom is -0.308 e. The molecule has 2 aromatic carbocycles. The Bertz CT molecular complexity index is 774. The molecule has 0 spiro atoms. The molecule has 0 atom stereocenters. The molecule has 0 unspecified atom stereocenters. The van der Waals surface area contributed by atoms with E-state index in [1.54, 1.807) is 0 Å². The van der Waals surface area contributed by atoms with Crippen molar-refractivity contribution in [2.75, 3.05) is 10.6 Å². The number of hydrogen-bond acceptors (Lipinski definition) is 2. The van der Waals surface area contributed by atoms with Crippen LogP contribution in [0.15, 0.2) is 42.5 Å². The summed E-state index contributed by atoms with van der Waals surface area (Å²) >= 11 is 5.51. The van der Waals surface area contributed by atoms with E-state index in [-0.39, 0.29) is 11.5 Å². The highest BCUT2D eigenvalue weighted by atomic mass is 35.5. The lowest BCUT2D eigenvalue weighted by atomic mass is 10.1. The molecule has 8 heteroatoms. The molecule has 2 N–H and O–H groups in total. The number of urea groups is 1. The van der Waals surface area contributed by atoms with Crippen molar-refractivity contribution in [2.24, 2.45) is 0 Å². The van der Waals surface area contributed by atoms with Gasteiger partial charge in [0, 0.05) is 16.9 Å². The first-order valence-electron chi connectivity index (χ1n) is 6.72. The van der Waals surface area contributed by atoms with E-state index in [9.17, 15) is 22.8 Å². The van der Waals surface area contributed by atoms with Crippen molar-refractivity contribution in [3.8, 4) is 0 Å². The number of anilines is 2. The van der Waals surface area contributed by atoms with Crippen LogP contribution in [-0.2, 0) is 6.18 Å². The molecule has 0 radical (unpaired) electrons. The lowest BCUT2D eigenvalue weighted by Crippen LogP contribution is -2.20. The zero-order valence-corrected chi connectivity index (χ0v) is 13.1. The van der Waals surface area contributed by atoms with E-state index in [1.807, 2.05) is 0 Å². The van der Waals surface area contributed by atoms with E-state index < -0.39 is 22.8 Å². The molecule has 0 heterocycles. The van der Waals surface area contributed by atoms with Gasteiger partial charge in [-0.05, 0) is 49.4 Å². The third-order valence-electron chi connectivity index (χ3n) is 3.08. The number of alkyl halides is 3. The summed E-state index contributed by atoms with van der Waals surface area (Å²) in [5, 5.41) is 4.29. The van der Waals surface area contributed by atoms with Gasteiger partial charge in [-0.2, -0.15) is 13.2 Å². The number of nitrogens with one attached hydrogen (secondary N) is 2. The van der Waals surface area contributed by atoms with E-state index in [4.69, 9.17) is 11.6 Å². The minimum absolute atomic E-state index is 0.0513. The van der Waals surface area contributed by atoms with Gasteiger partial charge in [0.25, 0.3) is 0 Å². The molecule has 4 nitrogen and oxygen atoms in total. The first kappa shape index (κ1) is 17.8. The Morgan fingerprint density at radius 1 is 0.958 bits per heavy atom. The van der Waals surface area contributed by atoms with Crippen molar-refractivity contribution in [1.29, 1.82) is 0 Å². The average molecular weight is 357 g/mol. The summed E-state index contributed by atoms with van der Waals surface area (Å²) in [5.41, 5.74) is -0.214. The third-order valence-corrected chi connectivity index (χ3v) is 3.41. The first-order chi connectivity index (χ1) is 11.2. The number of rotatable bonds is 3. The lowest BCUT2D eigenvalue weighted by molar-refractivity contribution is -0.137. The predicted molar refractivity (Wildman–Crippen MR) is 85.5 cm³/mol. The van der Waals surface area contributed by atoms with Gasteiger partial charge in [0.15, 0.2) is 5.78 Å². The number of ketones is 1. The molecule has 0 aliphatic carbocycles. The van der Waals surface area contributed by atoms with Gasteiger partial charge in [0.2, 0.25) is 0 Å². The van der Waals surface area contributed by atoms with E-state index in [0.717, 1.165) is 12.1 Å². The second-order valence-electron chi connectivity index (χ2n) is 4.91. The van der Waals surface area contributed by atoms with Gasteiger partial charge in [-0.3, -0.25) is 4.79 Å². The number of carbonyl (C=O) groups excluding carboxylic acids is 2. The maximum atomic E-state index is 12.8. The zero-order valence-electron chi connectivity index (χ0n) is 12.4. The first-order valence-corrected chi connectivity index (χ1v) is 7.10. The third kappa shape index (κ3) is 4.48. The topological polar surface area (TPSA) is 58.2 Å². The Hall–Kier alpha value is -2.54. The predicted octanol–water partition coefficient (Wildman–Crippen LogP) is 5.21. The van der Waals surface area contributed by atoms with Crippen LogP contribution in [0.4, 0.5) is 29.3 Å². The summed E-state index contributed by atoms with van der Waals surface area (Å²) in [6.07, 6.45) is -4.62. The summed E-state index contributed by atoms with van der Waals surface area (Å²) in [7, 11) is 0. The van der Waals surface area contributed by atoms with E-state index in [2.05, 4.69) is 10.6 Å². The standard InChI is InChI=1S/C16H12ClF3N2O2/c1-9(23)10-2-4-11(5-3-10)21-15(24)22-12-6-7-14(17)13(8-12)16(18,19)20/h2-8H,1H3,(H2,21,22,24). The highest BCUT2D eigenvalue weighted by molar-refractivity contribution is 6.31. The average Bonchev–Trinajstić information content (AvgIpc) is 2.48. The maximum Gasteiger partial charge on any atom is 0.417 e. The smallest absolute Gasteiger partial charge is 0.308 e. The van der Waals surface area contributed by atoms with Gasteiger partial charge in [-0.1, -0.05) is 11.6 Å². The van der Waals surface area contributed by atoms with Gasteiger partial charge in [-0.15, -0.1) is 0 Å². The number of Topliss-reactive ketones (excluding diaryl/α,β-unsaturated/α-hetero) is 1. The number of carbonyl (C=O) groups is 2. The van der Waals surface area contributed by atoms with Crippen molar-refractivity contribution < 1.29 is 22.8 Å². The molecule has 0 bridgehead atoms. The lowest BCUT2D eigenvalue weighted by Gasteiger charge is -2.12. The van der Waals surface area contributed by atoms with Crippen molar-refractivity contribution in [3.63, 3.8) is 0 Å². The second-order valence-corrected chi connectivity index (χ2v) is 5.31. The molecule has 2 rings (SSSR count). The number of benzene rings is 2. The van der Waals surface area contributed by atoms with Gasteiger partial charge >= 0.3 is 12.2 Å². The molecule has 0 saturated carbocycles. The Balaban J connectivity index is 2.08. The second kappa shape index (κ2) is 6.92. The molecule has 2 amide bonds. The highest BCUT2D eigenvalue weighted by Gasteiger charge is 2.33. The van der Waals surface area contributed by atoms with Gasteiger partial charge in [0.05, 0.1) is 10.6 Å². The minimum atomic E-state index is -4.62. The summed E-state index contributed by atoms with van der Waals surface area (Å²) < 4.78 is 38.3. The Labute approximate surface area is 140 Å². The normalized spacial score (nSPS) is 11.0. The molecular weight excluding hydrogens is 345 g/mol. The quantitative estimate of drug-likeness (QED) is 0.742. The van der Waals surface area contributed by atoms with Crippen LogP contribution in [0.5, 0.6) is 0 Å². The highest BCUT2D eigenvalue weighted by Crippen LogP contribution is 2.36.